The van der Waals surface area contributed by atoms with Crippen LogP contribution in [-0.4, -0.2) is 56.6 Å². The minimum atomic E-state index is -0.672. The van der Waals surface area contributed by atoms with Crippen molar-refractivity contribution in [1.29, 1.82) is 0 Å². The zero-order valence-electron chi connectivity index (χ0n) is 17.8. The van der Waals surface area contributed by atoms with Crippen LogP contribution >= 0.6 is 0 Å². The van der Waals surface area contributed by atoms with E-state index in [1.807, 2.05) is 19.1 Å². The van der Waals surface area contributed by atoms with Crippen molar-refractivity contribution in [3.8, 4) is 11.5 Å². The fourth-order valence-electron chi connectivity index (χ4n) is 2.56. The van der Waals surface area contributed by atoms with Gasteiger partial charge >= 0.3 is 5.97 Å². The molecule has 0 aliphatic carbocycles. The molecule has 8 heteroatoms. The number of carbonyl (C=O) groups excluding carboxylic acids is 3. The number of carbonyl (C=O) groups is 3. The Morgan fingerprint density at radius 1 is 1.10 bits per heavy atom. The van der Waals surface area contributed by atoms with E-state index >= 15 is 0 Å². The number of esters is 1. The first-order chi connectivity index (χ1) is 14.9. The first-order valence-electron chi connectivity index (χ1n) is 9.67. The van der Waals surface area contributed by atoms with Crippen molar-refractivity contribution in [2.24, 2.45) is 0 Å². The van der Waals surface area contributed by atoms with Gasteiger partial charge in [-0.25, -0.2) is 4.79 Å². The Bertz CT molecular complexity index is 941. The maximum absolute atomic E-state index is 12.2. The summed E-state index contributed by atoms with van der Waals surface area (Å²) >= 11 is 0. The van der Waals surface area contributed by atoms with E-state index in [-0.39, 0.29) is 12.5 Å². The lowest BCUT2D eigenvalue weighted by Crippen LogP contribution is -2.37. The molecule has 0 aliphatic rings. The number of nitrogens with one attached hydrogen (secondary N) is 1. The summed E-state index contributed by atoms with van der Waals surface area (Å²) in [6.07, 6.45) is 2.78. The van der Waals surface area contributed by atoms with Gasteiger partial charge in [0, 0.05) is 30.4 Å². The molecule has 0 bridgehead atoms. The molecule has 0 saturated heterocycles. The third kappa shape index (κ3) is 7.85. The fraction of sp³-hybridized carbons (Fsp3) is 0.261. The van der Waals surface area contributed by atoms with E-state index in [9.17, 15) is 14.4 Å². The van der Waals surface area contributed by atoms with Crippen molar-refractivity contribution in [3.05, 3.63) is 60.2 Å². The van der Waals surface area contributed by atoms with Crippen molar-refractivity contribution >= 4 is 29.5 Å². The van der Waals surface area contributed by atoms with E-state index in [1.165, 1.54) is 25.1 Å². The number of para-hydroxylation sites is 1. The van der Waals surface area contributed by atoms with Gasteiger partial charge in [-0.1, -0.05) is 24.3 Å². The topological polar surface area (TPSA) is 94.2 Å². The molecule has 8 nitrogen and oxygen atoms in total. The molecular formula is C23H26N2O6. The highest BCUT2D eigenvalue weighted by atomic mass is 16.5. The molecule has 164 valence electrons. The van der Waals surface area contributed by atoms with Crippen LogP contribution in [0, 0.1) is 0 Å². The smallest absolute Gasteiger partial charge is 0.331 e. The minimum Gasteiger partial charge on any atom is -0.497 e. The highest BCUT2D eigenvalue weighted by Gasteiger charge is 2.15. The molecule has 0 heterocycles. The highest BCUT2D eigenvalue weighted by molar-refractivity contribution is 5.95. The Hall–Kier alpha value is -3.81. The SMILES string of the molecule is CCOc1ccccc1/C=C/C(=O)OCC(=O)N(C)CC(=O)Nc1cccc(OC)c1. The molecule has 2 rings (SSSR count). The van der Waals surface area contributed by atoms with E-state index in [0.29, 0.717) is 23.8 Å². The largest absolute Gasteiger partial charge is 0.497 e. The van der Waals surface area contributed by atoms with Gasteiger partial charge in [0.05, 0.1) is 20.3 Å². The van der Waals surface area contributed by atoms with E-state index in [1.54, 1.807) is 42.5 Å². The molecule has 2 aromatic rings. The number of amides is 2. The van der Waals surface area contributed by atoms with Crippen molar-refractivity contribution < 1.29 is 28.6 Å². The average Bonchev–Trinajstić information content (AvgIpc) is 2.77. The van der Waals surface area contributed by atoms with Crippen LogP contribution in [0.25, 0.3) is 6.08 Å². The molecule has 0 saturated carbocycles. The molecular weight excluding hydrogens is 400 g/mol. The van der Waals surface area contributed by atoms with Crippen molar-refractivity contribution in [1.82, 2.24) is 4.90 Å². The number of nitrogens with zero attached hydrogens (tertiary/aromatic N) is 1. The number of hydrogen-bond acceptors (Lipinski definition) is 6. The van der Waals surface area contributed by atoms with Crippen LogP contribution in [0.5, 0.6) is 11.5 Å². The maximum Gasteiger partial charge on any atom is 0.331 e. The molecule has 2 aromatic carbocycles. The lowest BCUT2D eigenvalue weighted by atomic mass is 10.2. The van der Waals surface area contributed by atoms with Gasteiger partial charge in [-0.05, 0) is 31.2 Å². The van der Waals surface area contributed by atoms with E-state index in [2.05, 4.69) is 5.32 Å². The van der Waals surface area contributed by atoms with Crippen molar-refractivity contribution in [3.63, 3.8) is 0 Å². The number of methoxy groups -OCH3 is 1. The third-order valence-electron chi connectivity index (χ3n) is 4.12. The minimum absolute atomic E-state index is 0.189. The lowest BCUT2D eigenvalue weighted by Gasteiger charge is -2.16. The normalized spacial score (nSPS) is 10.4. The maximum atomic E-state index is 12.2. The van der Waals surface area contributed by atoms with Crippen LogP contribution in [0.15, 0.2) is 54.6 Å². The second kappa shape index (κ2) is 12.0. The zero-order chi connectivity index (χ0) is 22.6. The number of hydrogen-bond donors (Lipinski definition) is 1. The third-order valence-corrected chi connectivity index (χ3v) is 4.12. The second-order valence-corrected chi connectivity index (χ2v) is 6.44. The number of rotatable bonds is 10. The van der Waals surface area contributed by atoms with Gasteiger partial charge in [0.2, 0.25) is 5.91 Å². The predicted octanol–water partition coefficient (Wildman–Crippen LogP) is 2.75. The van der Waals surface area contributed by atoms with Crippen molar-refractivity contribution in [2.45, 2.75) is 6.92 Å². The van der Waals surface area contributed by atoms with Crippen LogP contribution < -0.4 is 14.8 Å². The van der Waals surface area contributed by atoms with Gasteiger partial charge in [-0.2, -0.15) is 0 Å². The highest BCUT2D eigenvalue weighted by Crippen LogP contribution is 2.19. The molecule has 0 spiro atoms. The Balaban J connectivity index is 1.80. The monoisotopic (exact) mass is 426 g/mol. The van der Waals surface area contributed by atoms with E-state index in [0.717, 1.165) is 5.56 Å². The number of benzene rings is 2. The number of likely N-dealkylation sites (N-methyl/N-ethyl adjacent to an activating group) is 1. The molecule has 31 heavy (non-hydrogen) atoms. The second-order valence-electron chi connectivity index (χ2n) is 6.44. The summed E-state index contributed by atoms with van der Waals surface area (Å²) < 4.78 is 15.6. The molecule has 2 amide bonds. The first kappa shape index (κ1) is 23.5. The summed E-state index contributed by atoms with van der Waals surface area (Å²) in [5.41, 5.74) is 1.27. The van der Waals surface area contributed by atoms with Crippen LogP contribution in [0.2, 0.25) is 0 Å². The summed E-state index contributed by atoms with van der Waals surface area (Å²) in [5.74, 6) is -0.313. The summed E-state index contributed by atoms with van der Waals surface area (Å²) in [4.78, 5) is 37.4. The Morgan fingerprint density at radius 3 is 2.61 bits per heavy atom. The molecule has 1 N–H and O–H groups in total. The molecule has 0 fully saturated rings. The van der Waals surface area contributed by atoms with Gasteiger partial charge in [0.25, 0.3) is 5.91 Å². The number of ether oxygens (including phenoxy) is 3. The first-order valence-corrected chi connectivity index (χ1v) is 9.67. The Kier molecular flexibility index (Phi) is 9.10. The Morgan fingerprint density at radius 2 is 1.87 bits per heavy atom. The quantitative estimate of drug-likeness (QED) is 0.464. The summed E-state index contributed by atoms with van der Waals surface area (Å²) in [5, 5.41) is 2.68. The van der Waals surface area contributed by atoms with Gasteiger partial charge in [0.1, 0.15) is 11.5 Å². The average molecular weight is 426 g/mol. The molecule has 0 aromatic heterocycles. The predicted molar refractivity (Wildman–Crippen MR) is 117 cm³/mol. The molecule has 0 atom stereocenters. The van der Waals surface area contributed by atoms with Crippen LogP contribution in [-0.2, 0) is 19.1 Å². The van der Waals surface area contributed by atoms with Crippen LogP contribution in [0.3, 0.4) is 0 Å². The number of anilines is 1. The summed E-state index contributed by atoms with van der Waals surface area (Å²) in [7, 11) is 2.98. The van der Waals surface area contributed by atoms with E-state index < -0.39 is 18.5 Å². The summed E-state index contributed by atoms with van der Waals surface area (Å²) in [6, 6.07) is 14.1. The molecule has 0 radical (unpaired) electrons. The van der Waals surface area contributed by atoms with Gasteiger partial charge in [0.15, 0.2) is 6.61 Å². The van der Waals surface area contributed by atoms with Gasteiger partial charge < -0.3 is 24.4 Å². The van der Waals surface area contributed by atoms with Crippen LogP contribution in [0.4, 0.5) is 5.69 Å². The Labute approximate surface area is 181 Å². The molecule has 0 aliphatic heterocycles. The van der Waals surface area contributed by atoms with Gasteiger partial charge in [-0.15, -0.1) is 0 Å². The molecule has 0 unspecified atom stereocenters. The van der Waals surface area contributed by atoms with Gasteiger partial charge in [-0.3, -0.25) is 9.59 Å². The van der Waals surface area contributed by atoms with Crippen molar-refractivity contribution in [2.75, 3.05) is 39.2 Å². The van der Waals surface area contributed by atoms with E-state index in [4.69, 9.17) is 14.2 Å². The standard InChI is InChI=1S/C23H26N2O6/c1-4-30-20-11-6-5-8-17(20)12-13-23(28)31-16-22(27)25(2)15-21(26)24-18-9-7-10-19(14-18)29-3/h5-14H,4,15-16H2,1-3H3,(H,24,26)/b13-12+. The lowest BCUT2D eigenvalue weighted by molar-refractivity contribution is -0.148. The fourth-order valence-corrected chi connectivity index (χ4v) is 2.56. The summed E-state index contributed by atoms with van der Waals surface area (Å²) in [6.45, 7) is 1.71. The zero-order valence-corrected chi connectivity index (χ0v) is 17.8. The van der Waals surface area contributed by atoms with Crippen LogP contribution in [0.1, 0.15) is 12.5 Å².